The van der Waals surface area contributed by atoms with Crippen molar-refractivity contribution in [2.45, 2.75) is 32.7 Å². The third-order valence-electron chi connectivity index (χ3n) is 2.72. The van der Waals surface area contributed by atoms with Crippen molar-refractivity contribution in [2.24, 2.45) is 0 Å². The molecule has 0 aliphatic heterocycles. The third-order valence-corrected chi connectivity index (χ3v) is 2.72. The van der Waals surface area contributed by atoms with Gasteiger partial charge in [0.2, 0.25) is 0 Å². The second-order valence-corrected chi connectivity index (χ2v) is 3.71. The quantitative estimate of drug-likeness (QED) is 0.688. The molecule has 1 nitrogen and oxygen atoms in total. The Morgan fingerprint density at radius 3 is 2.43 bits per heavy atom. The van der Waals surface area contributed by atoms with Gasteiger partial charge in [-0.05, 0) is 31.6 Å². The number of nitrogens with zero attached hydrogens (tertiary/aromatic N) is 1. The highest BCUT2D eigenvalue weighted by Gasteiger charge is 2.13. The maximum atomic E-state index is 3.07. The average molecular weight is 190 g/mol. The van der Waals surface area contributed by atoms with Crippen LogP contribution in [0, 0.1) is 6.07 Å². The Kier molecular flexibility index (Phi) is 4.68. The van der Waals surface area contributed by atoms with Gasteiger partial charge in [-0.2, -0.15) is 0 Å². The van der Waals surface area contributed by atoms with E-state index in [1.54, 1.807) is 0 Å². The van der Waals surface area contributed by atoms with E-state index in [4.69, 9.17) is 0 Å². The van der Waals surface area contributed by atoms with Crippen LogP contribution < -0.4 is 0 Å². The molecule has 0 spiro atoms. The SMILES string of the molecule is CCCC(c1cc[c]cc1)N(C)CC. The summed E-state index contributed by atoms with van der Waals surface area (Å²) in [4.78, 5) is 2.40. The van der Waals surface area contributed by atoms with Gasteiger partial charge in [-0.25, -0.2) is 0 Å². The predicted molar refractivity (Wildman–Crippen MR) is 61.2 cm³/mol. The Morgan fingerprint density at radius 2 is 1.93 bits per heavy atom. The van der Waals surface area contributed by atoms with Crippen LogP contribution in [-0.4, -0.2) is 18.5 Å². The maximum absolute atomic E-state index is 3.07. The Balaban J connectivity index is 2.77. The van der Waals surface area contributed by atoms with Gasteiger partial charge in [-0.1, -0.05) is 44.5 Å². The number of hydrogen-bond donors (Lipinski definition) is 0. The molecule has 0 N–H and O–H groups in total. The summed E-state index contributed by atoms with van der Waals surface area (Å²) in [6.07, 6.45) is 2.46. The molecule has 0 amide bonds. The molecular weight excluding hydrogens is 170 g/mol. The van der Waals surface area contributed by atoms with Crippen LogP contribution >= 0.6 is 0 Å². The van der Waals surface area contributed by atoms with E-state index >= 15 is 0 Å². The smallest absolute Gasteiger partial charge is 0.0344 e. The van der Waals surface area contributed by atoms with E-state index in [2.05, 4.69) is 44.0 Å². The highest BCUT2D eigenvalue weighted by Crippen LogP contribution is 2.23. The normalized spacial score (nSPS) is 13.1. The fourth-order valence-corrected chi connectivity index (χ4v) is 1.76. The summed E-state index contributed by atoms with van der Waals surface area (Å²) in [5.41, 5.74) is 1.41. The molecule has 0 aliphatic rings. The summed E-state index contributed by atoms with van der Waals surface area (Å²) in [6.45, 7) is 5.55. The highest BCUT2D eigenvalue weighted by atomic mass is 15.1. The number of hydrogen-bond acceptors (Lipinski definition) is 1. The zero-order chi connectivity index (χ0) is 10.4. The van der Waals surface area contributed by atoms with Gasteiger partial charge in [0, 0.05) is 6.04 Å². The molecule has 0 aromatic heterocycles. The molecule has 14 heavy (non-hydrogen) atoms. The van der Waals surface area contributed by atoms with E-state index in [9.17, 15) is 0 Å². The molecule has 1 heteroatoms. The van der Waals surface area contributed by atoms with E-state index in [-0.39, 0.29) is 0 Å². The molecule has 0 aliphatic carbocycles. The van der Waals surface area contributed by atoms with Crippen LogP contribution in [-0.2, 0) is 0 Å². The molecule has 77 valence electrons. The molecule has 1 atom stereocenters. The van der Waals surface area contributed by atoms with E-state index in [0.29, 0.717) is 6.04 Å². The van der Waals surface area contributed by atoms with Crippen molar-refractivity contribution in [1.82, 2.24) is 4.90 Å². The zero-order valence-corrected chi connectivity index (χ0v) is 9.46. The standard InChI is InChI=1S/C13H20N/c1-4-9-13(14(3)5-2)12-10-7-6-8-11-12/h7-8,10-11,13H,4-5,9H2,1-3H3. The lowest BCUT2D eigenvalue weighted by molar-refractivity contribution is 0.243. The minimum atomic E-state index is 0.569. The number of benzene rings is 1. The zero-order valence-electron chi connectivity index (χ0n) is 9.46. The molecule has 0 saturated carbocycles. The van der Waals surface area contributed by atoms with Crippen molar-refractivity contribution in [3.63, 3.8) is 0 Å². The minimum absolute atomic E-state index is 0.569. The maximum Gasteiger partial charge on any atom is 0.0344 e. The summed E-state index contributed by atoms with van der Waals surface area (Å²) in [7, 11) is 2.19. The van der Waals surface area contributed by atoms with Crippen molar-refractivity contribution in [3.05, 3.63) is 35.9 Å². The minimum Gasteiger partial charge on any atom is -0.300 e. The first-order valence-electron chi connectivity index (χ1n) is 5.45. The van der Waals surface area contributed by atoms with Gasteiger partial charge in [-0.3, -0.25) is 4.90 Å². The van der Waals surface area contributed by atoms with Gasteiger partial charge in [0.25, 0.3) is 0 Å². The van der Waals surface area contributed by atoms with Crippen LogP contribution in [0.15, 0.2) is 24.3 Å². The molecule has 0 heterocycles. The Labute approximate surface area is 87.7 Å². The van der Waals surface area contributed by atoms with Crippen LogP contribution in [0.3, 0.4) is 0 Å². The first kappa shape index (κ1) is 11.3. The third kappa shape index (κ3) is 2.85. The van der Waals surface area contributed by atoms with Gasteiger partial charge in [0.1, 0.15) is 0 Å². The van der Waals surface area contributed by atoms with Gasteiger partial charge >= 0.3 is 0 Å². The molecular formula is C13H20N. The molecule has 0 bridgehead atoms. The monoisotopic (exact) mass is 190 g/mol. The fraction of sp³-hybridized carbons (Fsp3) is 0.538. The van der Waals surface area contributed by atoms with Crippen LogP contribution in [0.4, 0.5) is 0 Å². The lowest BCUT2D eigenvalue weighted by Gasteiger charge is -2.27. The van der Waals surface area contributed by atoms with E-state index < -0.39 is 0 Å². The summed E-state index contributed by atoms with van der Waals surface area (Å²) in [5, 5.41) is 0. The average Bonchev–Trinajstić information content (AvgIpc) is 2.26. The van der Waals surface area contributed by atoms with Gasteiger partial charge in [0.15, 0.2) is 0 Å². The topological polar surface area (TPSA) is 3.24 Å². The summed E-state index contributed by atoms with van der Waals surface area (Å²) < 4.78 is 0. The van der Waals surface area contributed by atoms with Crippen LogP contribution in [0.1, 0.15) is 38.3 Å². The van der Waals surface area contributed by atoms with Crippen LogP contribution in [0.2, 0.25) is 0 Å². The first-order valence-corrected chi connectivity index (χ1v) is 5.45. The van der Waals surface area contributed by atoms with Gasteiger partial charge < -0.3 is 0 Å². The lowest BCUT2D eigenvalue weighted by atomic mass is 10.0. The molecule has 1 radical (unpaired) electrons. The first-order chi connectivity index (χ1) is 6.79. The van der Waals surface area contributed by atoms with Crippen molar-refractivity contribution >= 4 is 0 Å². The molecule has 0 saturated heterocycles. The second-order valence-electron chi connectivity index (χ2n) is 3.71. The predicted octanol–water partition coefficient (Wildman–Crippen LogP) is 3.28. The van der Waals surface area contributed by atoms with Crippen LogP contribution in [0.25, 0.3) is 0 Å². The largest absolute Gasteiger partial charge is 0.300 e. The molecule has 0 fully saturated rings. The van der Waals surface area contributed by atoms with Crippen molar-refractivity contribution in [2.75, 3.05) is 13.6 Å². The summed E-state index contributed by atoms with van der Waals surface area (Å²) in [5.74, 6) is 0. The molecule has 1 rings (SSSR count). The lowest BCUT2D eigenvalue weighted by Crippen LogP contribution is -2.24. The Bertz CT molecular complexity index is 243. The fourth-order valence-electron chi connectivity index (χ4n) is 1.76. The molecule has 1 unspecified atom stereocenters. The second kappa shape index (κ2) is 5.82. The Hall–Kier alpha value is -0.820. The van der Waals surface area contributed by atoms with Gasteiger partial charge in [-0.15, -0.1) is 0 Å². The summed E-state index contributed by atoms with van der Waals surface area (Å²) >= 11 is 0. The number of rotatable bonds is 5. The summed E-state index contributed by atoms with van der Waals surface area (Å²) in [6, 6.07) is 12.0. The van der Waals surface area contributed by atoms with Crippen LogP contribution in [0.5, 0.6) is 0 Å². The highest BCUT2D eigenvalue weighted by molar-refractivity contribution is 5.18. The van der Waals surface area contributed by atoms with Crippen molar-refractivity contribution in [1.29, 1.82) is 0 Å². The molecule has 1 aromatic carbocycles. The van der Waals surface area contributed by atoms with E-state index in [1.807, 2.05) is 12.1 Å². The van der Waals surface area contributed by atoms with Crippen molar-refractivity contribution < 1.29 is 0 Å². The van der Waals surface area contributed by atoms with Crippen molar-refractivity contribution in [3.8, 4) is 0 Å². The van der Waals surface area contributed by atoms with Gasteiger partial charge in [0.05, 0.1) is 0 Å². The Morgan fingerprint density at radius 1 is 1.29 bits per heavy atom. The van der Waals surface area contributed by atoms with E-state index in [1.165, 1.54) is 18.4 Å². The van der Waals surface area contributed by atoms with E-state index in [0.717, 1.165) is 6.54 Å². The molecule has 1 aromatic rings.